The van der Waals surface area contributed by atoms with Crippen LogP contribution in [0.4, 0.5) is 0 Å². The molecule has 0 aromatic rings. The fraction of sp³-hybridized carbons (Fsp3) is 0.941. The third-order valence-corrected chi connectivity index (χ3v) is 5.84. The molecule has 3 aliphatic rings. The lowest BCUT2D eigenvalue weighted by atomic mass is 9.76. The van der Waals surface area contributed by atoms with E-state index in [0.717, 1.165) is 12.5 Å². The molecule has 0 unspecified atom stereocenters. The van der Waals surface area contributed by atoms with Crippen LogP contribution < -0.4 is 0 Å². The molecule has 3 fully saturated rings. The van der Waals surface area contributed by atoms with Crippen molar-refractivity contribution in [1.82, 2.24) is 4.90 Å². The van der Waals surface area contributed by atoms with Crippen molar-refractivity contribution >= 4 is 6.47 Å². The molecule has 0 aromatic heterocycles. The zero-order valence-electron chi connectivity index (χ0n) is 13.2. The van der Waals surface area contributed by atoms with Crippen LogP contribution >= 0.6 is 0 Å². The summed E-state index contributed by atoms with van der Waals surface area (Å²) in [5.41, 5.74) is 0.282. The summed E-state index contributed by atoms with van der Waals surface area (Å²) < 4.78 is 0. The van der Waals surface area contributed by atoms with E-state index in [0.29, 0.717) is 0 Å². The second-order valence-corrected chi connectivity index (χ2v) is 7.10. The minimum atomic E-state index is -0.250. The number of nitrogens with zero attached hydrogens (tertiary/aromatic N) is 1. The molecule has 1 spiro atoms. The summed E-state index contributed by atoms with van der Waals surface area (Å²) in [6.07, 6.45) is 14.7. The van der Waals surface area contributed by atoms with E-state index in [1.165, 1.54) is 77.3 Å². The van der Waals surface area contributed by atoms with Crippen LogP contribution in [0.5, 0.6) is 0 Å². The standard InChI is InChI=1S/C16H29NO.CH2O2/c18-15-9-5-10-16(15)11-6-12-17(13-16)14-7-3-1-2-4-8-14;2-1-3/h14-15,18H,1-13H2;1H,(H,2,3)/t15-,16-;/m1./s1. The maximum atomic E-state index is 10.3. The molecule has 4 nitrogen and oxygen atoms in total. The van der Waals surface area contributed by atoms with Crippen molar-refractivity contribution in [3.8, 4) is 0 Å². The second-order valence-electron chi connectivity index (χ2n) is 7.10. The average Bonchev–Trinajstić information content (AvgIpc) is 2.72. The van der Waals surface area contributed by atoms with Gasteiger partial charge in [0.2, 0.25) is 0 Å². The number of carboxylic acid groups (broad SMARTS) is 1. The van der Waals surface area contributed by atoms with Crippen LogP contribution in [0.3, 0.4) is 0 Å². The van der Waals surface area contributed by atoms with Crippen molar-refractivity contribution in [3.05, 3.63) is 0 Å². The first kappa shape index (κ1) is 16.8. The molecule has 2 N–H and O–H groups in total. The molecule has 1 aliphatic heterocycles. The Kier molecular flexibility index (Phi) is 6.49. The summed E-state index contributed by atoms with van der Waals surface area (Å²) in [6.45, 7) is 2.23. The van der Waals surface area contributed by atoms with Crippen LogP contribution in [0, 0.1) is 5.41 Å². The molecule has 21 heavy (non-hydrogen) atoms. The van der Waals surface area contributed by atoms with Crippen molar-refractivity contribution in [1.29, 1.82) is 0 Å². The molecule has 1 heterocycles. The third kappa shape index (κ3) is 4.19. The summed E-state index contributed by atoms with van der Waals surface area (Å²) >= 11 is 0. The van der Waals surface area contributed by atoms with E-state index in [2.05, 4.69) is 4.90 Å². The largest absolute Gasteiger partial charge is 0.483 e. The fourth-order valence-corrected chi connectivity index (χ4v) is 4.73. The molecule has 3 rings (SSSR count). The first-order valence-electron chi connectivity index (χ1n) is 8.72. The van der Waals surface area contributed by atoms with Crippen LogP contribution in [-0.4, -0.2) is 46.8 Å². The van der Waals surface area contributed by atoms with Crippen LogP contribution in [0.15, 0.2) is 0 Å². The van der Waals surface area contributed by atoms with Gasteiger partial charge in [0.05, 0.1) is 6.10 Å². The number of hydrogen-bond acceptors (Lipinski definition) is 3. The molecule has 0 aromatic carbocycles. The highest BCUT2D eigenvalue weighted by Gasteiger charge is 2.45. The number of rotatable bonds is 1. The topological polar surface area (TPSA) is 60.8 Å². The minimum absolute atomic E-state index is 0.00826. The highest BCUT2D eigenvalue weighted by molar-refractivity contribution is 5.32. The normalized spacial score (nSPS) is 35.0. The summed E-state index contributed by atoms with van der Waals surface area (Å²) in [5, 5.41) is 17.2. The van der Waals surface area contributed by atoms with Crippen molar-refractivity contribution in [2.24, 2.45) is 5.41 Å². The lowest BCUT2D eigenvalue weighted by Gasteiger charge is -2.45. The zero-order valence-corrected chi connectivity index (χ0v) is 13.2. The van der Waals surface area contributed by atoms with Gasteiger partial charge in [0.25, 0.3) is 6.47 Å². The summed E-state index contributed by atoms with van der Waals surface area (Å²) in [7, 11) is 0. The monoisotopic (exact) mass is 297 g/mol. The van der Waals surface area contributed by atoms with Crippen molar-refractivity contribution in [3.63, 3.8) is 0 Å². The summed E-state index contributed by atoms with van der Waals surface area (Å²) in [4.78, 5) is 11.1. The van der Waals surface area contributed by atoms with Crippen LogP contribution in [0.2, 0.25) is 0 Å². The van der Waals surface area contributed by atoms with E-state index in [9.17, 15) is 5.11 Å². The Bertz CT molecular complexity index is 315. The first-order valence-corrected chi connectivity index (χ1v) is 8.72. The zero-order chi connectivity index (χ0) is 15.1. The van der Waals surface area contributed by atoms with Gasteiger partial charge < -0.3 is 10.2 Å². The molecular weight excluding hydrogens is 266 g/mol. The SMILES string of the molecule is O=CO.O[C@@H]1CCC[C@]12CCCN(C1CCCCCC1)C2. The highest BCUT2D eigenvalue weighted by atomic mass is 16.3. The Hall–Kier alpha value is -0.610. The Balaban J connectivity index is 0.000000497. The van der Waals surface area contributed by atoms with Gasteiger partial charge in [-0.1, -0.05) is 32.1 Å². The second kappa shape index (κ2) is 8.14. The van der Waals surface area contributed by atoms with E-state index < -0.39 is 0 Å². The number of carbonyl (C=O) groups is 1. The van der Waals surface area contributed by atoms with E-state index in [1.807, 2.05) is 0 Å². The molecule has 0 radical (unpaired) electrons. The maximum Gasteiger partial charge on any atom is 0.290 e. The van der Waals surface area contributed by atoms with E-state index in [-0.39, 0.29) is 18.0 Å². The Labute approximate surface area is 128 Å². The number of aliphatic hydroxyl groups is 1. The number of piperidine rings is 1. The van der Waals surface area contributed by atoms with Gasteiger partial charge in [-0.3, -0.25) is 9.69 Å². The van der Waals surface area contributed by atoms with Gasteiger partial charge in [0.15, 0.2) is 0 Å². The fourth-order valence-electron chi connectivity index (χ4n) is 4.73. The minimum Gasteiger partial charge on any atom is -0.483 e. The summed E-state index contributed by atoms with van der Waals surface area (Å²) in [5.74, 6) is 0. The molecule has 0 amide bonds. The van der Waals surface area contributed by atoms with Gasteiger partial charge in [-0.15, -0.1) is 0 Å². The number of aliphatic hydroxyl groups excluding tert-OH is 1. The van der Waals surface area contributed by atoms with Gasteiger partial charge in [0, 0.05) is 18.0 Å². The Morgan fingerprint density at radius 3 is 2.14 bits per heavy atom. The van der Waals surface area contributed by atoms with Crippen LogP contribution in [0.25, 0.3) is 0 Å². The predicted octanol–water partition coefficient (Wildman–Crippen LogP) is 3.04. The number of likely N-dealkylation sites (tertiary alicyclic amines) is 1. The average molecular weight is 297 g/mol. The van der Waals surface area contributed by atoms with Gasteiger partial charge in [-0.25, -0.2) is 0 Å². The van der Waals surface area contributed by atoms with Gasteiger partial charge >= 0.3 is 0 Å². The predicted molar refractivity (Wildman–Crippen MR) is 83.3 cm³/mol. The first-order chi connectivity index (χ1) is 10.2. The molecule has 2 aliphatic carbocycles. The smallest absolute Gasteiger partial charge is 0.290 e. The van der Waals surface area contributed by atoms with Crippen molar-refractivity contribution in [2.45, 2.75) is 82.8 Å². The highest BCUT2D eigenvalue weighted by Crippen LogP contribution is 2.45. The Morgan fingerprint density at radius 1 is 0.952 bits per heavy atom. The van der Waals surface area contributed by atoms with E-state index in [4.69, 9.17) is 9.90 Å². The van der Waals surface area contributed by atoms with Crippen molar-refractivity contribution < 1.29 is 15.0 Å². The lowest BCUT2D eigenvalue weighted by molar-refractivity contribution is -0.122. The number of hydrogen-bond donors (Lipinski definition) is 2. The molecule has 1 saturated heterocycles. The van der Waals surface area contributed by atoms with Crippen LogP contribution in [0.1, 0.15) is 70.6 Å². The quantitative estimate of drug-likeness (QED) is 0.577. The van der Waals surface area contributed by atoms with Crippen molar-refractivity contribution in [2.75, 3.05) is 13.1 Å². The molecule has 4 heteroatoms. The Morgan fingerprint density at radius 2 is 1.57 bits per heavy atom. The lowest BCUT2D eigenvalue weighted by Crippen LogP contribution is -2.50. The molecule has 122 valence electrons. The molecular formula is C17H31NO3. The maximum absolute atomic E-state index is 10.3. The molecule has 2 atom stereocenters. The third-order valence-electron chi connectivity index (χ3n) is 5.84. The van der Waals surface area contributed by atoms with Gasteiger partial charge in [-0.2, -0.15) is 0 Å². The molecule has 2 saturated carbocycles. The summed E-state index contributed by atoms with van der Waals surface area (Å²) in [6, 6.07) is 0.831. The molecule has 0 bridgehead atoms. The van der Waals surface area contributed by atoms with Gasteiger partial charge in [-0.05, 0) is 45.1 Å². The van der Waals surface area contributed by atoms with E-state index in [1.54, 1.807) is 0 Å². The van der Waals surface area contributed by atoms with Gasteiger partial charge in [0.1, 0.15) is 0 Å². The van der Waals surface area contributed by atoms with Crippen LogP contribution in [-0.2, 0) is 4.79 Å². The van der Waals surface area contributed by atoms with E-state index >= 15 is 0 Å².